The molecule has 28 heavy (non-hydrogen) atoms. The second-order valence-corrected chi connectivity index (χ2v) is 7.03. The van der Waals surface area contributed by atoms with Gasteiger partial charge < -0.3 is 19.7 Å². The van der Waals surface area contributed by atoms with Gasteiger partial charge in [-0.3, -0.25) is 14.4 Å². The lowest BCUT2D eigenvalue weighted by Crippen LogP contribution is -2.60. The molecule has 7 heteroatoms. The van der Waals surface area contributed by atoms with Gasteiger partial charge >= 0.3 is 5.97 Å². The van der Waals surface area contributed by atoms with Crippen LogP contribution >= 0.6 is 0 Å². The molecular weight excluding hydrogens is 360 g/mol. The molecule has 1 aromatic carbocycles. The fourth-order valence-corrected chi connectivity index (χ4v) is 3.03. The molecule has 154 valence electrons. The van der Waals surface area contributed by atoms with Crippen LogP contribution < -0.4 is 10.1 Å². The van der Waals surface area contributed by atoms with E-state index in [0.29, 0.717) is 31.7 Å². The molecule has 0 bridgehead atoms. The highest BCUT2D eigenvalue weighted by Gasteiger charge is 2.38. The molecule has 1 fully saturated rings. The maximum atomic E-state index is 13.1. The first-order chi connectivity index (χ1) is 13.4. The highest BCUT2D eigenvalue weighted by Crippen LogP contribution is 2.21. The van der Waals surface area contributed by atoms with E-state index in [4.69, 9.17) is 9.47 Å². The van der Waals surface area contributed by atoms with Gasteiger partial charge in [0.15, 0.2) is 6.10 Å². The number of piperazine rings is 1. The number of carbonyl (C=O) groups excluding carboxylic acids is 3. The number of aryl methyl sites for hydroxylation is 1. The summed E-state index contributed by atoms with van der Waals surface area (Å²) in [5.41, 5.74) is 0.929. The van der Waals surface area contributed by atoms with Gasteiger partial charge in [-0.15, -0.1) is 0 Å². The zero-order valence-electron chi connectivity index (χ0n) is 17.1. The lowest BCUT2D eigenvalue weighted by molar-refractivity contribution is -0.156. The van der Waals surface area contributed by atoms with Crippen LogP contribution in [0.2, 0.25) is 0 Å². The van der Waals surface area contributed by atoms with Crippen LogP contribution in [0.15, 0.2) is 24.3 Å². The number of benzene rings is 1. The topological polar surface area (TPSA) is 84.9 Å². The van der Waals surface area contributed by atoms with Crippen molar-refractivity contribution < 1.29 is 23.9 Å². The van der Waals surface area contributed by atoms with Crippen molar-refractivity contribution in [1.29, 1.82) is 0 Å². The number of amides is 2. The highest BCUT2D eigenvalue weighted by atomic mass is 16.5. The Bertz CT molecular complexity index is 706. The number of nitrogens with one attached hydrogen (secondary N) is 1. The fraction of sp³-hybridized carbons (Fsp3) is 0.571. The standard InChI is InChI=1S/C21H30N2O5/c1-5-15(4)27-19(24)13-16-20(25)22-11-12-23(16)21(26)17(6-2)28-18-10-8-7-9-14(18)3/h7-10,15-17H,5-6,11-13H2,1-4H3,(H,22,25). The molecule has 1 aliphatic heterocycles. The second-order valence-electron chi connectivity index (χ2n) is 7.03. The average molecular weight is 390 g/mol. The Morgan fingerprint density at radius 1 is 1.25 bits per heavy atom. The third-order valence-electron chi connectivity index (χ3n) is 4.89. The van der Waals surface area contributed by atoms with Gasteiger partial charge in [-0.05, 0) is 38.3 Å². The number of para-hydroxylation sites is 1. The van der Waals surface area contributed by atoms with E-state index in [9.17, 15) is 14.4 Å². The molecule has 2 rings (SSSR count). The zero-order chi connectivity index (χ0) is 20.7. The highest BCUT2D eigenvalue weighted by molar-refractivity contribution is 5.93. The fourth-order valence-electron chi connectivity index (χ4n) is 3.03. The van der Waals surface area contributed by atoms with Crippen LogP contribution in [0, 0.1) is 6.92 Å². The Morgan fingerprint density at radius 2 is 1.96 bits per heavy atom. The van der Waals surface area contributed by atoms with Crippen molar-refractivity contribution in [2.24, 2.45) is 0 Å². The Kier molecular flexibility index (Phi) is 7.84. The van der Waals surface area contributed by atoms with Gasteiger partial charge in [-0.25, -0.2) is 0 Å². The normalized spacial score (nSPS) is 18.8. The Morgan fingerprint density at radius 3 is 2.61 bits per heavy atom. The summed E-state index contributed by atoms with van der Waals surface area (Å²) in [7, 11) is 0. The van der Waals surface area contributed by atoms with Crippen molar-refractivity contribution in [2.45, 2.75) is 65.2 Å². The predicted octanol–water partition coefficient (Wildman–Crippen LogP) is 2.21. The first kappa shape index (κ1) is 21.7. The maximum absolute atomic E-state index is 13.1. The molecular formula is C21H30N2O5. The van der Waals surface area contributed by atoms with E-state index in [2.05, 4.69) is 5.32 Å². The van der Waals surface area contributed by atoms with Gasteiger partial charge in [0.2, 0.25) is 5.91 Å². The average Bonchev–Trinajstić information content (AvgIpc) is 2.68. The molecule has 2 amide bonds. The lowest BCUT2D eigenvalue weighted by Gasteiger charge is -2.36. The van der Waals surface area contributed by atoms with E-state index in [1.165, 1.54) is 4.90 Å². The first-order valence-electron chi connectivity index (χ1n) is 9.87. The molecule has 0 saturated carbocycles. The zero-order valence-corrected chi connectivity index (χ0v) is 17.1. The number of hydrogen-bond acceptors (Lipinski definition) is 5. The summed E-state index contributed by atoms with van der Waals surface area (Å²) < 4.78 is 11.2. The summed E-state index contributed by atoms with van der Waals surface area (Å²) in [6.07, 6.45) is 0.0296. The van der Waals surface area contributed by atoms with Gasteiger partial charge in [0.1, 0.15) is 11.8 Å². The predicted molar refractivity (Wildman–Crippen MR) is 105 cm³/mol. The van der Waals surface area contributed by atoms with Crippen LogP contribution in [0.4, 0.5) is 0 Å². The summed E-state index contributed by atoms with van der Waals surface area (Å²) >= 11 is 0. The van der Waals surface area contributed by atoms with Crippen molar-refractivity contribution >= 4 is 17.8 Å². The molecule has 0 spiro atoms. The van der Waals surface area contributed by atoms with Crippen molar-refractivity contribution in [3.8, 4) is 5.75 Å². The number of hydrogen-bond donors (Lipinski definition) is 1. The minimum Gasteiger partial charge on any atom is -0.480 e. The van der Waals surface area contributed by atoms with Gasteiger partial charge in [0, 0.05) is 13.1 Å². The van der Waals surface area contributed by atoms with Crippen molar-refractivity contribution in [2.75, 3.05) is 13.1 Å². The molecule has 0 aliphatic carbocycles. The van der Waals surface area contributed by atoms with E-state index >= 15 is 0 Å². The molecule has 3 unspecified atom stereocenters. The van der Waals surface area contributed by atoms with Gasteiger partial charge in [0.25, 0.3) is 5.91 Å². The molecule has 1 saturated heterocycles. The molecule has 1 aromatic rings. The maximum Gasteiger partial charge on any atom is 0.308 e. The van der Waals surface area contributed by atoms with E-state index in [1.807, 2.05) is 45.0 Å². The Hall–Kier alpha value is -2.57. The summed E-state index contributed by atoms with van der Waals surface area (Å²) in [4.78, 5) is 39.1. The molecule has 1 aliphatic rings. The third-order valence-corrected chi connectivity index (χ3v) is 4.89. The Balaban J connectivity index is 2.13. The molecule has 7 nitrogen and oxygen atoms in total. The van der Waals surface area contributed by atoms with Crippen LogP contribution in [-0.2, 0) is 19.1 Å². The van der Waals surface area contributed by atoms with Crippen LogP contribution in [0.1, 0.15) is 45.6 Å². The van der Waals surface area contributed by atoms with Gasteiger partial charge in [-0.2, -0.15) is 0 Å². The number of esters is 1. The second kappa shape index (κ2) is 10.1. The van der Waals surface area contributed by atoms with Crippen LogP contribution in [0.3, 0.4) is 0 Å². The molecule has 0 radical (unpaired) electrons. The molecule has 1 heterocycles. The SMILES string of the molecule is CCC(C)OC(=O)CC1C(=O)NCCN1C(=O)C(CC)Oc1ccccc1C. The first-order valence-corrected chi connectivity index (χ1v) is 9.87. The molecule has 1 N–H and O–H groups in total. The monoisotopic (exact) mass is 390 g/mol. The third kappa shape index (κ3) is 5.47. The Labute approximate surface area is 166 Å². The smallest absolute Gasteiger partial charge is 0.308 e. The summed E-state index contributed by atoms with van der Waals surface area (Å²) in [6.45, 7) is 8.16. The van der Waals surface area contributed by atoms with E-state index in [-0.39, 0.29) is 24.3 Å². The summed E-state index contributed by atoms with van der Waals surface area (Å²) in [6, 6.07) is 6.59. The summed E-state index contributed by atoms with van der Waals surface area (Å²) in [5, 5.41) is 2.72. The van der Waals surface area contributed by atoms with Crippen molar-refractivity contribution in [1.82, 2.24) is 10.2 Å². The number of nitrogens with zero attached hydrogens (tertiary/aromatic N) is 1. The van der Waals surface area contributed by atoms with E-state index in [0.717, 1.165) is 5.56 Å². The summed E-state index contributed by atoms with van der Waals surface area (Å²) in [5.74, 6) is -0.479. The number of ether oxygens (including phenoxy) is 2. The van der Waals surface area contributed by atoms with Crippen LogP contribution in [0.25, 0.3) is 0 Å². The quantitative estimate of drug-likeness (QED) is 0.688. The largest absolute Gasteiger partial charge is 0.480 e. The van der Waals surface area contributed by atoms with Crippen molar-refractivity contribution in [3.63, 3.8) is 0 Å². The van der Waals surface area contributed by atoms with Gasteiger partial charge in [-0.1, -0.05) is 32.0 Å². The van der Waals surface area contributed by atoms with Crippen molar-refractivity contribution in [3.05, 3.63) is 29.8 Å². The van der Waals surface area contributed by atoms with Crippen LogP contribution in [-0.4, -0.2) is 54.0 Å². The minimum absolute atomic E-state index is 0.164. The van der Waals surface area contributed by atoms with Crippen LogP contribution in [0.5, 0.6) is 5.75 Å². The molecule has 0 aromatic heterocycles. The number of rotatable bonds is 8. The van der Waals surface area contributed by atoms with Gasteiger partial charge in [0.05, 0.1) is 12.5 Å². The lowest BCUT2D eigenvalue weighted by atomic mass is 10.1. The molecule has 3 atom stereocenters. The van der Waals surface area contributed by atoms with E-state index in [1.54, 1.807) is 6.92 Å². The minimum atomic E-state index is -0.882. The number of carbonyl (C=O) groups is 3. The van der Waals surface area contributed by atoms with E-state index < -0.39 is 18.1 Å².